The summed E-state index contributed by atoms with van der Waals surface area (Å²) in [7, 11) is 1.88. The third-order valence-electron chi connectivity index (χ3n) is 3.49. The van der Waals surface area contributed by atoms with Gasteiger partial charge in [0.2, 0.25) is 0 Å². The highest BCUT2D eigenvalue weighted by molar-refractivity contribution is 5.27. The predicted molar refractivity (Wildman–Crippen MR) is 77.1 cm³/mol. The van der Waals surface area contributed by atoms with Crippen molar-refractivity contribution in [3.63, 3.8) is 0 Å². The largest absolute Gasteiger partial charge is 0.388 e. The van der Waals surface area contributed by atoms with Crippen molar-refractivity contribution >= 4 is 0 Å². The maximum Gasteiger partial charge on any atom is 0.0863 e. The molecular formula is C16H22N2O. The lowest BCUT2D eigenvalue weighted by Crippen LogP contribution is -2.02. The van der Waals surface area contributed by atoms with E-state index in [-0.39, 0.29) is 0 Å². The van der Waals surface area contributed by atoms with Gasteiger partial charge in [-0.3, -0.25) is 4.68 Å². The summed E-state index contributed by atoms with van der Waals surface area (Å²) in [6, 6.07) is 8.49. The average molecular weight is 258 g/mol. The molecule has 0 saturated carbocycles. The van der Waals surface area contributed by atoms with Gasteiger partial charge < -0.3 is 5.11 Å². The number of aromatic nitrogens is 2. The lowest BCUT2D eigenvalue weighted by Gasteiger charge is -2.11. The first-order valence-electron chi connectivity index (χ1n) is 6.74. The molecule has 0 aliphatic rings. The summed E-state index contributed by atoms with van der Waals surface area (Å²) < 4.78 is 1.75. The Labute approximate surface area is 114 Å². The molecule has 3 heteroatoms. The molecule has 0 spiro atoms. The van der Waals surface area contributed by atoms with E-state index in [1.165, 1.54) is 5.56 Å². The van der Waals surface area contributed by atoms with E-state index < -0.39 is 6.10 Å². The van der Waals surface area contributed by atoms with Crippen molar-refractivity contribution in [2.45, 2.75) is 39.2 Å². The highest BCUT2D eigenvalue weighted by atomic mass is 16.3. The van der Waals surface area contributed by atoms with Crippen LogP contribution in [0.15, 0.2) is 30.5 Å². The number of rotatable bonds is 4. The van der Waals surface area contributed by atoms with Gasteiger partial charge in [0, 0.05) is 25.2 Å². The van der Waals surface area contributed by atoms with Crippen LogP contribution in [-0.2, 0) is 13.5 Å². The molecule has 0 saturated heterocycles. The van der Waals surface area contributed by atoms with Crippen molar-refractivity contribution in [2.75, 3.05) is 0 Å². The topological polar surface area (TPSA) is 38.0 Å². The van der Waals surface area contributed by atoms with Crippen molar-refractivity contribution < 1.29 is 5.11 Å². The summed E-state index contributed by atoms with van der Waals surface area (Å²) >= 11 is 0. The van der Waals surface area contributed by atoms with Gasteiger partial charge in [0.1, 0.15) is 0 Å². The van der Waals surface area contributed by atoms with Crippen molar-refractivity contribution in [1.82, 2.24) is 9.78 Å². The molecule has 0 aliphatic carbocycles. The molecule has 1 aromatic heterocycles. The first-order chi connectivity index (χ1) is 8.97. The van der Waals surface area contributed by atoms with E-state index >= 15 is 0 Å². The fourth-order valence-corrected chi connectivity index (χ4v) is 2.32. The number of nitrogens with zero attached hydrogens (tertiary/aromatic N) is 2. The standard InChI is InChI=1S/C16H22N2O/c1-11(2)14-7-5-13(6-8-14)9-16(19)15-10-18(4)17-12(15)3/h5-8,10-11,16,19H,9H2,1-4H3. The van der Waals surface area contributed by atoms with E-state index in [0.29, 0.717) is 12.3 Å². The zero-order chi connectivity index (χ0) is 14.0. The Bertz CT molecular complexity index is 540. The van der Waals surface area contributed by atoms with Crippen LogP contribution in [0, 0.1) is 6.92 Å². The lowest BCUT2D eigenvalue weighted by atomic mass is 9.98. The maximum absolute atomic E-state index is 10.3. The summed E-state index contributed by atoms with van der Waals surface area (Å²) in [5, 5.41) is 14.6. The molecule has 1 unspecified atom stereocenters. The number of hydrogen-bond acceptors (Lipinski definition) is 2. The number of hydrogen-bond donors (Lipinski definition) is 1. The van der Waals surface area contributed by atoms with Crippen LogP contribution >= 0.6 is 0 Å². The zero-order valence-corrected chi connectivity index (χ0v) is 12.1. The van der Waals surface area contributed by atoms with E-state index in [2.05, 4.69) is 43.2 Å². The van der Waals surface area contributed by atoms with Gasteiger partial charge in [-0.25, -0.2) is 0 Å². The molecule has 102 valence electrons. The van der Waals surface area contributed by atoms with E-state index in [4.69, 9.17) is 0 Å². The Morgan fingerprint density at radius 1 is 1.21 bits per heavy atom. The predicted octanol–water partition coefficient (Wildman–Crippen LogP) is 3.13. The van der Waals surface area contributed by atoms with Crippen LogP contribution in [0.25, 0.3) is 0 Å². The highest BCUT2D eigenvalue weighted by Gasteiger charge is 2.14. The first kappa shape index (κ1) is 13.8. The second kappa shape index (κ2) is 5.57. The van der Waals surface area contributed by atoms with Crippen molar-refractivity contribution in [2.24, 2.45) is 7.05 Å². The minimum absolute atomic E-state index is 0.487. The molecule has 0 amide bonds. The molecule has 19 heavy (non-hydrogen) atoms. The quantitative estimate of drug-likeness (QED) is 0.915. The van der Waals surface area contributed by atoms with E-state index in [9.17, 15) is 5.11 Å². The molecular weight excluding hydrogens is 236 g/mol. The molecule has 1 aromatic carbocycles. The van der Waals surface area contributed by atoms with Crippen molar-refractivity contribution in [3.8, 4) is 0 Å². The summed E-state index contributed by atoms with van der Waals surface area (Å²) in [5.74, 6) is 0.541. The fraction of sp³-hybridized carbons (Fsp3) is 0.438. The molecule has 2 rings (SSSR count). The SMILES string of the molecule is Cc1nn(C)cc1C(O)Cc1ccc(C(C)C)cc1. The van der Waals surface area contributed by atoms with Crippen LogP contribution < -0.4 is 0 Å². The minimum atomic E-state index is -0.487. The van der Waals surface area contributed by atoms with Gasteiger partial charge in [-0.1, -0.05) is 38.1 Å². The molecule has 1 heterocycles. The van der Waals surface area contributed by atoms with Crippen LogP contribution in [0.4, 0.5) is 0 Å². The summed E-state index contributed by atoms with van der Waals surface area (Å²) in [6.45, 7) is 6.30. The van der Waals surface area contributed by atoms with Crippen LogP contribution in [0.2, 0.25) is 0 Å². The Balaban J connectivity index is 2.10. The monoisotopic (exact) mass is 258 g/mol. The molecule has 0 aliphatic heterocycles. The summed E-state index contributed by atoms with van der Waals surface area (Å²) in [5.41, 5.74) is 4.29. The van der Waals surface area contributed by atoms with Crippen LogP contribution in [0.1, 0.15) is 48.3 Å². The molecule has 0 bridgehead atoms. The van der Waals surface area contributed by atoms with Crippen LogP contribution in [-0.4, -0.2) is 14.9 Å². The van der Waals surface area contributed by atoms with E-state index in [0.717, 1.165) is 16.8 Å². The molecule has 3 nitrogen and oxygen atoms in total. The van der Waals surface area contributed by atoms with Gasteiger partial charge in [0.25, 0.3) is 0 Å². The van der Waals surface area contributed by atoms with Gasteiger partial charge in [0.05, 0.1) is 11.8 Å². The molecule has 0 fully saturated rings. The van der Waals surface area contributed by atoms with Crippen molar-refractivity contribution in [3.05, 3.63) is 52.8 Å². The Hall–Kier alpha value is -1.61. The summed E-state index contributed by atoms with van der Waals surface area (Å²) in [4.78, 5) is 0. The molecule has 0 radical (unpaired) electrons. The highest BCUT2D eigenvalue weighted by Crippen LogP contribution is 2.22. The van der Waals surface area contributed by atoms with Gasteiger partial charge in [0.15, 0.2) is 0 Å². The van der Waals surface area contributed by atoms with E-state index in [1.54, 1.807) is 4.68 Å². The zero-order valence-electron chi connectivity index (χ0n) is 12.1. The summed E-state index contributed by atoms with van der Waals surface area (Å²) in [6.07, 6.45) is 2.03. The van der Waals surface area contributed by atoms with Crippen LogP contribution in [0.5, 0.6) is 0 Å². The van der Waals surface area contributed by atoms with Crippen LogP contribution in [0.3, 0.4) is 0 Å². The van der Waals surface area contributed by atoms with Gasteiger partial charge in [-0.05, 0) is 24.0 Å². The molecule has 2 aromatic rings. The second-order valence-corrected chi connectivity index (χ2v) is 5.46. The van der Waals surface area contributed by atoms with Gasteiger partial charge in [-0.15, -0.1) is 0 Å². The van der Waals surface area contributed by atoms with Gasteiger partial charge in [-0.2, -0.15) is 5.10 Å². The third-order valence-corrected chi connectivity index (χ3v) is 3.49. The molecule has 1 atom stereocenters. The number of aryl methyl sites for hydroxylation is 2. The fourth-order valence-electron chi connectivity index (χ4n) is 2.32. The normalized spacial score (nSPS) is 12.9. The third kappa shape index (κ3) is 3.24. The average Bonchev–Trinajstić information content (AvgIpc) is 2.69. The number of benzene rings is 1. The minimum Gasteiger partial charge on any atom is -0.388 e. The lowest BCUT2D eigenvalue weighted by molar-refractivity contribution is 0.177. The maximum atomic E-state index is 10.3. The first-order valence-corrected chi connectivity index (χ1v) is 6.74. The second-order valence-electron chi connectivity index (χ2n) is 5.46. The number of aliphatic hydroxyl groups excluding tert-OH is 1. The van der Waals surface area contributed by atoms with Crippen molar-refractivity contribution in [1.29, 1.82) is 0 Å². The smallest absolute Gasteiger partial charge is 0.0863 e. The number of aliphatic hydroxyl groups is 1. The Kier molecular flexibility index (Phi) is 4.05. The Morgan fingerprint density at radius 3 is 2.32 bits per heavy atom. The van der Waals surface area contributed by atoms with E-state index in [1.807, 2.05) is 20.2 Å². The Morgan fingerprint density at radius 2 is 1.84 bits per heavy atom. The molecule has 1 N–H and O–H groups in total. The van der Waals surface area contributed by atoms with Gasteiger partial charge >= 0.3 is 0 Å².